The Morgan fingerprint density at radius 3 is 2.18 bits per heavy atom. The number of anilines is 2. The van der Waals surface area contributed by atoms with Gasteiger partial charge in [-0.1, -0.05) is 18.2 Å². The highest BCUT2D eigenvalue weighted by Gasteiger charge is 2.30. The second-order valence-electron chi connectivity index (χ2n) is 7.02. The number of fused-ring (bicyclic) bond motifs is 1. The van der Waals surface area contributed by atoms with E-state index in [9.17, 15) is 26.7 Å². The lowest BCUT2D eigenvalue weighted by molar-refractivity contribution is -0.137. The number of nitrogens with one attached hydrogen (secondary N) is 3. The van der Waals surface area contributed by atoms with Crippen molar-refractivity contribution >= 4 is 28.3 Å². The molecule has 3 N–H and O–H groups in total. The number of carbonyl (C=O) groups is 1. The smallest absolute Gasteiger partial charge is 0.416 e. The van der Waals surface area contributed by atoms with E-state index in [0.29, 0.717) is 11.1 Å². The molecule has 5 nitrogen and oxygen atoms in total. The van der Waals surface area contributed by atoms with E-state index in [-0.39, 0.29) is 11.4 Å². The number of urea groups is 1. The standard InChI is InChI=1S/C23H16F5N3O2/c24-21(25)33-17-8-1-13(2-9-17)14-3-10-19-18(11-14)20(12-29-19)31-22(32)30-16-6-4-15(5-7-16)23(26,27)28/h1-12,21,29H,(H2,30,31,32). The zero-order chi connectivity index (χ0) is 23.6. The van der Waals surface area contributed by atoms with Gasteiger partial charge in [-0.25, -0.2) is 4.79 Å². The summed E-state index contributed by atoms with van der Waals surface area (Å²) in [5.74, 6) is 0.0405. The first-order valence-corrected chi connectivity index (χ1v) is 9.61. The van der Waals surface area contributed by atoms with Crippen LogP contribution in [-0.2, 0) is 6.18 Å². The summed E-state index contributed by atoms with van der Waals surface area (Å²) in [6.45, 7) is -2.91. The zero-order valence-corrected chi connectivity index (χ0v) is 16.7. The van der Waals surface area contributed by atoms with Crippen molar-refractivity contribution in [2.45, 2.75) is 12.8 Å². The fourth-order valence-corrected chi connectivity index (χ4v) is 3.26. The van der Waals surface area contributed by atoms with E-state index in [1.807, 2.05) is 12.1 Å². The van der Waals surface area contributed by atoms with E-state index < -0.39 is 24.4 Å². The van der Waals surface area contributed by atoms with E-state index in [4.69, 9.17) is 0 Å². The van der Waals surface area contributed by atoms with Crippen LogP contribution in [0.2, 0.25) is 0 Å². The van der Waals surface area contributed by atoms with Crippen molar-refractivity contribution in [3.8, 4) is 16.9 Å². The van der Waals surface area contributed by atoms with Crippen molar-refractivity contribution in [3.63, 3.8) is 0 Å². The molecule has 0 unspecified atom stereocenters. The Kier molecular flexibility index (Phi) is 5.91. The number of halogens is 5. The highest BCUT2D eigenvalue weighted by Crippen LogP contribution is 2.31. The molecule has 0 bridgehead atoms. The lowest BCUT2D eigenvalue weighted by atomic mass is 10.0. The number of amides is 2. The molecule has 4 rings (SSSR count). The fraction of sp³-hybridized carbons (Fsp3) is 0.0870. The maximum atomic E-state index is 12.7. The number of carbonyl (C=O) groups excluding carboxylic acids is 1. The molecular formula is C23H16F5N3O2. The van der Waals surface area contributed by atoms with Gasteiger partial charge >= 0.3 is 18.8 Å². The van der Waals surface area contributed by atoms with Crippen LogP contribution in [0.1, 0.15) is 5.56 Å². The van der Waals surface area contributed by atoms with Gasteiger partial charge in [0.25, 0.3) is 0 Å². The molecule has 4 aromatic rings. The number of ether oxygens (including phenoxy) is 1. The molecule has 0 atom stereocenters. The molecule has 0 radical (unpaired) electrons. The van der Waals surface area contributed by atoms with E-state index >= 15 is 0 Å². The van der Waals surface area contributed by atoms with Gasteiger partial charge in [-0.2, -0.15) is 22.0 Å². The van der Waals surface area contributed by atoms with Gasteiger partial charge in [0.2, 0.25) is 0 Å². The molecule has 0 spiro atoms. The lowest BCUT2D eigenvalue weighted by Gasteiger charge is -2.10. The molecule has 0 aliphatic heterocycles. The topological polar surface area (TPSA) is 66.2 Å². The summed E-state index contributed by atoms with van der Waals surface area (Å²) in [5, 5.41) is 5.83. The second kappa shape index (κ2) is 8.81. The number of rotatable bonds is 5. The molecule has 1 aromatic heterocycles. The first-order valence-electron chi connectivity index (χ1n) is 9.61. The van der Waals surface area contributed by atoms with E-state index in [1.165, 1.54) is 12.1 Å². The molecule has 3 aromatic carbocycles. The molecule has 0 aliphatic carbocycles. The predicted molar refractivity (Wildman–Crippen MR) is 114 cm³/mol. The summed E-state index contributed by atoms with van der Waals surface area (Å²) in [4.78, 5) is 15.4. The minimum absolute atomic E-state index is 0.0405. The van der Waals surface area contributed by atoms with Crippen LogP contribution in [0.25, 0.3) is 22.0 Å². The van der Waals surface area contributed by atoms with Crippen LogP contribution in [0.5, 0.6) is 5.75 Å². The Morgan fingerprint density at radius 2 is 1.55 bits per heavy atom. The van der Waals surface area contributed by atoms with Gasteiger partial charge in [0, 0.05) is 22.8 Å². The van der Waals surface area contributed by atoms with Crippen LogP contribution in [0.4, 0.5) is 38.1 Å². The van der Waals surface area contributed by atoms with Crippen LogP contribution in [0.15, 0.2) is 72.9 Å². The van der Waals surface area contributed by atoms with Crippen LogP contribution in [0, 0.1) is 0 Å². The van der Waals surface area contributed by atoms with Gasteiger partial charge in [-0.05, 0) is 59.7 Å². The van der Waals surface area contributed by atoms with Crippen molar-refractivity contribution in [1.29, 1.82) is 0 Å². The molecule has 170 valence electrons. The third kappa shape index (κ3) is 5.22. The average Bonchev–Trinajstić information content (AvgIpc) is 3.15. The maximum Gasteiger partial charge on any atom is 0.416 e. The third-order valence-corrected chi connectivity index (χ3v) is 4.81. The Bertz CT molecular complexity index is 1270. The van der Waals surface area contributed by atoms with Crippen LogP contribution < -0.4 is 15.4 Å². The molecule has 0 fully saturated rings. The summed E-state index contributed by atoms with van der Waals surface area (Å²) in [6, 6.07) is 15.0. The van der Waals surface area contributed by atoms with Crippen molar-refractivity contribution in [2.75, 3.05) is 10.6 Å². The predicted octanol–water partition coefficient (Wildman–Crippen LogP) is 7.10. The van der Waals surface area contributed by atoms with Gasteiger partial charge in [-0.3, -0.25) is 0 Å². The van der Waals surface area contributed by atoms with Gasteiger partial charge in [-0.15, -0.1) is 0 Å². The molecule has 10 heteroatoms. The number of aromatic amines is 1. The number of hydrogen-bond donors (Lipinski definition) is 3. The highest BCUT2D eigenvalue weighted by molar-refractivity contribution is 6.06. The van der Waals surface area contributed by atoms with Crippen molar-refractivity contribution in [1.82, 2.24) is 4.98 Å². The monoisotopic (exact) mass is 461 g/mol. The van der Waals surface area contributed by atoms with Gasteiger partial charge in [0.15, 0.2) is 0 Å². The van der Waals surface area contributed by atoms with Crippen LogP contribution in [0.3, 0.4) is 0 Å². The molecule has 0 saturated heterocycles. The summed E-state index contributed by atoms with van der Waals surface area (Å²) >= 11 is 0. The molecule has 0 aliphatic rings. The number of H-pyrrole nitrogens is 1. The Balaban J connectivity index is 1.50. The molecule has 33 heavy (non-hydrogen) atoms. The number of benzene rings is 3. The summed E-state index contributed by atoms with van der Waals surface area (Å²) in [6.07, 6.45) is -2.88. The highest BCUT2D eigenvalue weighted by atomic mass is 19.4. The SMILES string of the molecule is O=C(Nc1ccc(C(F)(F)F)cc1)Nc1c[nH]c2ccc(-c3ccc(OC(F)F)cc3)cc12. The van der Waals surface area contributed by atoms with Crippen LogP contribution >= 0.6 is 0 Å². The molecule has 2 amide bonds. The lowest BCUT2D eigenvalue weighted by Crippen LogP contribution is -2.19. The Labute approximate surface area is 184 Å². The minimum Gasteiger partial charge on any atom is -0.435 e. The zero-order valence-electron chi connectivity index (χ0n) is 16.7. The first-order chi connectivity index (χ1) is 15.7. The summed E-state index contributed by atoms with van der Waals surface area (Å²) < 4.78 is 67.0. The van der Waals surface area contributed by atoms with Crippen molar-refractivity contribution in [2.24, 2.45) is 0 Å². The van der Waals surface area contributed by atoms with Gasteiger partial charge in [0.1, 0.15) is 5.75 Å². The normalized spacial score (nSPS) is 11.6. The number of hydrogen-bond acceptors (Lipinski definition) is 2. The van der Waals surface area contributed by atoms with E-state index in [2.05, 4.69) is 20.4 Å². The van der Waals surface area contributed by atoms with Gasteiger partial charge in [0.05, 0.1) is 11.3 Å². The molecular weight excluding hydrogens is 445 g/mol. The summed E-state index contributed by atoms with van der Waals surface area (Å²) in [5.41, 5.74) is 2.10. The number of aromatic nitrogens is 1. The summed E-state index contributed by atoms with van der Waals surface area (Å²) in [7, 11) is 0. The van der Waals surface area contributed by atoms with E-state index in [1.54, 1.807) is 24.4 Å². The Morgan fingerprint density at radius 1 is 0.879 bits per heavy atom. The van der Waals surface area contributed by atoms with Crippen LogP contribution in [-0.4, -0.2) is 17.6 Å². The second-order valence-corrected chi connectivity index (χ2v) is 7.02. The van der Waals surface area contributed by atoms with Crippen molar-refractivity contribution in [3.05, 3.63) is 78.5 Å². The van der Waals surface area contributed by atoms with Gasteiger partial charge < -0.3 is 20.4 Å². The number of alkyl halides is 5. The largest absolute Gasteiger partial charge is 0.435 e. The molecule has 0 saturated carbocycles. The van der Waals surface area contributed by atoms with Crippen molar-refractivity contribution < 1.29 is 31.5 Å². The fourth-order valence-electron chi connectivity index (χ4n) is 3.26. The van der Waals surface area contributed by atoms with E-state index in [0.717, 1.165) is 40.9 Å². The minimum atomic E-state index is -4.46. The Hall–Kier alpha value is -4.08. The quantitative estimate of drug-likeness (QED) is 0.278. The first kappa shape index (κ1) is 22.1. The third-order valence-electron chi connectivity index (χ3n) is 4.81. The maximum absolute atomic E-state index is 12.7. The molecule has 1 heterocycles. The average molecular weight is 461 g/mol.